The summed E-state index contributed by atoms with van der Waals surface area (Å²) in [7, 11) is 0. The summed E-state index contributed by atoms with van der Waals surface area (Å²) < 4.78 is 0. The molecule has 0 spiro atoms. The summed E-state index contributed by atoms with van der Waals surface area (Å²) in [6, 6.07) is 11.0. The zero-order valence-corrected chi connectivity index (χ0v) is 17.0. The van der Waals surface area contributed by atoms with E-state index >= 15 is 0 Å². The van der Waals surface area contributed by atoms with Gasteiger partial charge in [-0.25, -0.2) is 9.97 Å². The smallest absolute Gasteiger partial charge is 0.252 e. The van der Waals surface area contributed by atoms with Crippen LogP contribution in [-0.4, -0.2) is 26.1 Å². The molecule has 1 aliphatic carbocycles. The summed E-state index contributed by atoms with van der Waals surface area (Å²) in [5.41, 5.74) is 2.33. The van der Waals surface area contributed by atoms with Gasteiger partial charge in [0.2, 0.25) is 5.91 Å². The lowest BCUT2D eigenvalue weighted by Crippen LogP contribution is -2.23. The molecule has 6 nitrogen and oxygen atoms in total. The number of hydrogen-bond acceptors (Lipinski definition) is 6. The first-order valence-corrected chi connectivity index (χ1v) is 10.9. The van der Waals surface area contributed by atoms with Crippen molar-refractivity contribution in [2.45, 2.75) is 43.0 Å². The molecule has 2 aromatic heterocycles. The van der Waals surface area contributed by atoms with Crippen LogP contribution in [0.25, 0.3) is 11.3 Å². The van der Waals surface area contributed by atoms with Crippen molar-refractivity contribution in [3.05, 3.63) is 57.3 Å². The second kappa shape index (κ2) is 8.28. The number of rotatable bonds is 5. The molecule has 1 amide bonds. The minimum Gasteiger partial charge on any atom is -0.301 e. The standard InChI is InChI=1S/C20H20N4O2S2/c1-12(18(26)24-20-21-14-9-5-6-10-16(14)28-20)27-19-22-15(11-17(25)23-19)13-7-3-2-4-8-13/h2-4,7-8,11-12H,5-6,9-10H2,1H3,(H,21,24,26)(H,22,23,25)/t12-/m1/s1. The number of amides is 1. The Kier molecular flexibility index (Phi) is 5.59. The van der Waals surface area contributed by atoms with Gasteiger partial charge in [0.15, 0.2) is 10.3 Å². The van der Waals surface area contributed by atoms with Crippen molar-refractivity contribution in [1.82, 2.24) is 15.0 Å². The van der Waals surface area contributed by atoms with Crippen molar-refractivity contribution in [1.29, 1.82) is 0 Å². The van der Waals surface area contributed by atoms with Crippen molar-refractivity contribution < 1.29 is 4.79 Å². The third-order valence-electron chi connectivity index (χ3n) is 4.52. The molecule has 2 N–H and O–H groups in total. The predicted octanol–water partition coefficient (Wildman–Crippen LogP) is 3.89. The number of aromatic amines is 1. The third-order valence-corrected chi connectivity index (χ3v) is 6.58. The molecule has 28 heavy (non-hydrogen) atoms. The maximum atomic E-state index is 12.6. The Hall–Kier alpha value is -2.45. The monoisotopic (exact) mass is 412 g/mol. The van der Waals surface area contributed by atoms with E-state index in [0.29, 0.717) is 16.0 Å². The topological polar surface area (TPSA) is 87.7 Å². The number of aromatic nitrogens is 3. The van der Waals surface area contributed by atoms with E-state index in [0.717, 1.165) is 30.5 Å². The van der Waals surface area contributed by atoms with Crippen molar-refractivity contribution in [3.63, 3.8) is 0 Å². The number of nitrogens with one attached hydrogen (secondary N) is 2. The number of thiazole rings is 1. The normalized spacial score (nSPS) is 14.3. The average Bonchev–Trinajstić information content (AvgIpc) is 3.10. The number of benzene rings is 1. The Morgan fingerprint density at radius 3 is 2.79 bits per heavy atom. The molecule has 1 atom stereocenters. The molecule has 0 fully saturated rings. The van der Waals surface area contributed by atoms with E-state index in [1.165, 1.54) is 29.1 Å². The van der Waals surface area contributed by atoms with Gasteiger partial charge in [-0.2, -0.15) is 0 Å². The van der Waals surface area contributed by atoms with Crippen LogP contribution in [0.5, 0.6) is 0 Å². The highest BCUT2D eigenvalue weighted by molar-refractivity contribution is 8.00. The van der Waals surface area contributed by atoms with Crippen molar-refractivity contribution in [3.8, 4) is 11.3 Å². The quantitative estimate of drug-likeness (QED) is 0.490. The number of hydrogen-bond donors (Lipinski definition) is 2. The SMILES string of the molecule is C[C@@H](Sc1nc(-c2ccccc2)cc(=O)[nH]1)C(=O)Nc1nc2c(s1)CCCC2. The van der Waals surface area contributed by atoms with Gasteiger partial charge < -0.3 is 10.3 Å². The van der Waals surface area contributed by atoms with Gasteiger partial charge in [0.05, 0.1) is 16.6 Å². The molecule has 144 valence electrons. The van der Waals surface area contributed by atoms with Gasteiger partial charge in [-0.15, -0.1) is 11.3 Å². The minimum absolute atomic E-state index is 0.149. The molecule has 0 unspecified atom stereocenters. The molecule has 0 aliphatic heterocycles. The molecule has 3 aromatic rings. The highest BCUT2D eigenvalue weighted by Crippen LogP contribution is 2.30. The maximum Gasteiger partial charge on any atom is 0.252 e. The van der Waals surface area contributed by atoms with Crippen molar-refractivity contribution >= 4 is 34.1 Å². The maximum absolute atomic E-state index is 12.6. The van der Waals surface area contributed by atoms with E-state index in [1.54, 1.807) is 18.3 Å². The summed E-state index contributed by atoms with van der Waals surface area (Å²) in [5.74, 6) is -0.149. The second-order valence-corrected chi connectivity index (χ2v) is 9.06. The Labute approximate surface area is 170 Å². The predicted molar refractivity (Wildman–Crippen MR) is 113 cm³/mol. The van der Waals surface area contributed by atoms with Crippen LogP contribution in [0.1, 0.15) is 30.3 Å². The number of fused-ring (bicyclic) bond motifs is 1. The van der Waals surface area contributed by atoms with Gasteiger partial charge in [-0.3, -0.25) is 9.59 Å². The lowest BCUT2D eigenvalue weighted by Gasteiger charge is -2.10. The zero-order valence-electron chi connectivity index (χ0n) is 15.4. The molecular weight excluding hydrogens is 392 g/mol. The molecule has 0 bridgehead atoms. The number of anilines is 1. The van der Waals surface area contributed by atoms with E-state index in [9.17, 15) is 9.59 Å². The van der Waals surface area contributed by atoms with Gasteiger partial charge >= 0.3 is 0 Å². The largest absolute Gasteiger partial charge is 0.301 e. The van der Waals surface area contributed by atoms with Crippen LogP contribution in [0.2, 0.25) is 0 Å². The van der Waals surface area contributed by atoms with E-state index in [4.69, 9.17) is 0 Å². The Morgan fingerprint density at radius 1 is 1.21 bits per heavy atom. The van der Waals surface area contributed by atoms with E-state index in [2.05, 4.69) is 20.3 Å². The Balaban J connectivity index is 1.46. The number of H-pyrrole nitrogens is 1. The summed E-state index contributed by atoms with van der Waals surface area (Å²) in [4.78, 5) is 37.6. The lowest BCUT2D eigenvalue weighted by atomic mass is 10.0. The van der Waals surface area contributed by atoms with Crippen LogP contribution < -0.4 is 10.9 Å². The van der Waals surface area contributed by atoms with E-state index < -0.39 is 5.25 Å². The number of carbonyl (C=O) groups is 1. The van der Waals surface area contributed by atoms with Crippen molar-refractivity contribution in [2.75, 3.05) is 5.32 Å². The second-order valence-electron chi connectivity index (χ2n) is 6.65. The molecular formula is C20H20N4O2S2. The van der Waals surface area contributed by atoms with Crippen LogP contribution in [0.15, 0.2) is 46.3 Å². The minimum atomic E-state index is -0.421. The summed E-state index contributed by atoms with van der Waals surface area (Å²) in [6.45, 7) is 1.79. The van der Waals surface area contributed by atoms with Crippen LogP contribution >= 0.6 is 23.1 Å². The summed E-state index contributed by atoms with van der Waals surface area (Å²) in [5, 5.41) is 3.57. The first-order valence-electron chi connectivity index (χ1n) is 9.21. The molecule has 2 heterocycles. The van der Waals surface area contributed by atoms with Gasteiger partial charge in [0.1, 0.15) is 0 Å². The molecule has 0 radical (unpaired) electrons. The molecule has 0 saturated heterocycles. The first kappa shape index (κ1) is 18.9. The fourth-order valence-electron chi connectivity index (χ4n) is 3.08. The lowest BCUT2D eigenvalue weighted by molar-refractivity contribution is -0.115. The first-order chi connectivity index (χ1) is 13.6. The highest BCUT2D eigenvalue weighted by atomic mass is 32.2. The van der Waals surface area contributed by atoms with Crippen molar-refractivity contribution in [2.24, 2.45) is 0 Å². The summed E-state index contributed by atoms with van der Waals surface area (Å²) in [6.07, 6.45) is 4.38. The Bertz CT molecular complexity index is 1020. The van der Waals surface area contributed by atoms with Gasteiger partial charge in [0, 0.05) is 16.5 Å². The number of thioether (sulfide) groups is 1. The van der Waals surface area contributed by atoms with Gasteiger partial charge in [-0.1, -0.05) is 42.1 Å². The molecule has 1 aromatic carbocycles. The van der Waals surface area contributed by atoms with Crippen LogP contribution in [0.3, 0.4) is 0 Å². The van der Waals surface area contributed by atoms with E-state index in [1.807, 2.05) is 30.3 Å². The zero-order chi connectivity index (χ0) is 19.5. The number of nitrogens with zero attached hydrogens (tertiary/aromatic N) is 2. The third kappa shape index (κ3) is 4.34. The van der Waals surface area contributed by atoms with Gasteiger partial charge in [0.25, 0.3) is 5.56 Å². The van der Waals surface area contributed by atoms with Crippen LogP contribution in [0.4, 0.5) is 5.13 Å². The highest BCUT2D eigenvalue weighted by Gasteiger charge is 2.20. The van der Waals surface area contributed by atoms with Crippen LogP contribution in [-0.2, 0) is 17.6 Å². The van der Waals surface area contributed by atoms with Crippen LogP contribution in [0, 0.1) is 0 Å². The molecule has 8 heteroatoms. The van der Waals surface area contributed by atoms with E-state index in [-0.39, 0.29) is 11.5 Å². The molecule has 4 rings (SSSR count). The average molecular weight is 413 g/mol. The Morgan fingerprint density at radius 2 is 2.00 bits per heavy atom. The molecule has 1 aliphatic rings. The fourth-order valence-corrected chi connectivity index (χ4v) is 4.95. The fraction of sp³-hybridized carbons (Fsp3) is 0.300. The number of aryl methyl sites for hydroxylation is 2. The number of carbonyl (C=O) groups excluding carboxylic acids is 1. The van der Waals surface area contributed by atoms with Gasteiger partial charge in [-0.05, 0) is 32.6 Å². The summed E-state index contributed by atoms with van der Waals surface area (Å²) >= 11 is 2.79. The molecule has 0 saturated carbocycles.